The molecule has 0 unspecified atom stereocenters. The third-order valence-corrected chi connectivity index (χ3v) is 6.58. The van der Waals surface area contributed by atoms with Crippen molar-refractivity contribution in [1.29, 1.82) is 5.26 Å². The van der Waals surface area contributed by atoms with E-state index in [1.165, 1.54) is 16.4 Å². The molecular formula is C21H16N8O2S2. The van der Waals surface area contributed by atoms with Gasteiger partial charge in [-0.3, -0.25) is 4.79 Å². The molecule has 0 radical (unpaired) electrons. The van der Waals surface area contributed by atoms with Gasteiger partial charge in [-0.15, -0.1) is 10.2 Å². The second kappa shape index (κ2) is 8.97. The number of thioether (sulfide) groups is 1. The van der Waals surface area contributed by atoms with E-state index < -0.39 is 0 Å². The molecule has 0 spiro atoms. The number of nitriles is 1. The summed E-state index contributed by atoms with van der Waals surface area (Å²) in [6.45, 7) is 1.25. The minimum absolute atomic E-state index is 0.129. The van der Waals surface area contributed by atoms with Crippen LogP contribution in [0.4, 0.5) is 11.5 Å². The normalized spacial score (nSPS) is 14.1. The van der Waals surface area contributed by atoms with Gasteiger partial charge in [0.25, 0.3) is 11.9 Å². The Morgan fingerprint density at radius 1 is 1.21 bits per heavy atom. The molecule has 4 aromatic rings. The number of fused-ring (bicyclic) bond motifs is 1. The molecule has 2 aromatic carbocycles. The third-order valence-electron chi connectivity index (χ3n) is 5.17. The molecule has 1 fully saturated rings. The van der Waals surface area contributed by atoms with E-state index >= 15 is 0 Å². The van der Waals surface area contributed by atoms with Gasteiger partial charge in [0.2, 0.25) is 0 Å². The molecule has 0 bridgehead atoms. The minimum atomic E-state index is -0.253. The molecule has 0 atom stereocenters. The first-order valence-electron chi connectivity index (χ1n) is 9.95. The fourth-order valence-electron chi connectivity index (χ4n) is 3.54. The van der Waals surface area contributed by atoms with Crippen LogP contribution in [0.15, 0.2) is 52.3 Å². The number of aromatic nitrogens is 4. The zero-order valence-corrected chi connectivity index (χ0v) is 18.8. The fraction of sp³-hybridized carbons (Fsp3) is 0.190. The highest BCUT2D eigenvalue weighted by molar-refractivity contribution is 7.99. The number of aromatic hydroxyl groups is 1. The second-order valence-electron chi connectivity index (χ2n) is 7.08. The highest BCUT2D eigenvalue weighted by Crippen LogP contribution is 2.40. The predicted molar refractivity (Wildman–Crippen MR) is 125 cm³/mol. The van der Waals surface area contributed by atoms with Gasteiger partial charge in [-0.2, -0.15) is 31.2 Å². The number of hydrogen-bond donors (Lipinski definition) is 1. The van der Waals surface area contributed by atoms with Crippen LogP contribution < -0.4 is 0 Å². The zero-order chi connectivity index (χ0) is 22.8. The molecule has 1 amide bonds. The first kappa shape index (κ1) is 21.0. The van der Waals surface area contributed by atoms with Crippen molar-refractivity contribution in [2.75, 3.05) is 24.6 Å². The highest BCUT2D eigenvalue weighted by Gasteiger charge is 2.24. The van der Waals surface area contributed by atoms with E-state index in [-0.39, 0.29) is 40.2 Å². The lowest BCUT2D eigenvalue weighted by atomic mass is 10.0. The Balaban J connectivity index is 1.63. The first-order chi connectivity index (χ1) is 16.2. The Bertz CT molecular complexity index is 1400. The zero-order valence-electron chi connectivity index (χ0n) is 17.1. The van der Waals surface area contributed by atoms with Gasteiger partial charge in [0.15, 0.2) is 11.6 Å². The van der Waals surface area contributed by atoms with E-state index in [0.29, 0.717) is 18.5 Å². The van der Waals surface area contributed by atoms with Gasteiger partial charge in [-0.25, -0.2) is 4.98 Å². The van der Waals surface area contributed by atoms with Crippen molar-refractivity contribution in [2.45, 2.75) is 0 Å². The van der Waals surface area contributed by atoms with E-state index in [2.05, 4.69) is 24.7 Å². The summed E-state index contributed by atoms with van der Waals surface area (Å²) in [7, 11) is 0. The number of amides is 1. The minimum Gasteiger partial charge on any atom is -0.505 e. The molecule has 1 N–H and O–H groups in total. The smallest absolute Gasteiger partial charge is 0.264 e. The van der Waals surface area contributed by atoms with Crippen LogP contribution in [0, 0.1) is 11.3 Å². The van der Waals surface area contributed by atoms with E-state index in [1.54, 1.807) is 28.8 Å². The number of carbonyl (C=O) groups is 1. The molecule has 5 rings (SSSR count). The van der Waals surface area contributed by atoms with E-state index in [1.807, 2.05) is 24.3 Å². The maximum atomic E-state index is 13.2. The van der Waals surface area contributed by atoms with Crippen LogP contribution in [0.1, 0.15) is 15.9 Å². The van der Waals surface area contributed by atoms with Gasteiger partial charge in [-0.1, -0.05) is 24.3 Å². The molecule has 0 aliphatic carbocycles. The Morgan fingerprint density at radius 3 is 2.79 bits per heavy atom. The number of phenols is 1. The lowest BCUT2D eigenvalue weighted by Crippen LogP contribution is -2.37. The number of phenolic OH excluding ortho intramolecular Hbond substituents is 1. The molecule has 164 valence electrons. The topological polar surface area (TPSA) is 133 Å². The highest BCUT2D eigenvalue weighted by atomic mass is 32.2. The first-order valence-corrected chi connectivity index (χ1v) is 11.9. The predicted octanol–water partition coefficient (Wildman–Crippen LogP) is 4.06. The van der Waals surface area contributed by atoms with Gasteiger partial charge in [0, 0.05) is 30.0 Å². The summed E-state index contributed by atoms with van der Waals surface area (Å²) in [5.41, 5.74) is 2.03. The standard InChI is InChI=1S/C21H16N8O2S2/c22-10-14-11-24-29(21-23-12-33-27-21)19(14)26-25-17-15-4-2-1-3-13(15)9-16(18(17)30)20(31)28-5-7-32-8-6-28/h1-4,9,11-12,30H,5-8H2. The molecule has 12 heteroatoms. The Labute approximate surface area is 196 Å². The molecule has 2 aromatic heterocycles. The Kier molecular flexibility index (Phi) is 5.72. The van der Waals surface area contributed by atoms with Gasteiger partial charge < -0.3 is 10.0 Å². The van der Waals surface area contributed by atoms with Crippen molar-refractivity contribution in [2.24, 2.45) is 10.2 Å². The average molecular weight is 477 g/mol. The summed E-state index contributed by atoms with van der Waals surface area (Å²) >= 11 is 2.93. The van der Waals surface area contributed by atoms with Crippen molar-refractivity contribution >= 4 is 51.5 Å². The van der Waals surface area contributed by atoms with Crippen molar-refractivity contribution in [3.8, 4) is 17.8 Å². The van der Waals surface area contributed by atoms with Crippen molar-refractivity contribution in [3.05, 3.63) is 53.2 Å². The quantitative estimate of drug-likeness (QED) is 0.439. The SMILES string of the molecule is N#Cc1cnn(-c2ncsn2)c1N=Nc1c(O)c(C(=O)N2CCSCC2)cc2ccccc12. The monoisotopic (exact) mass is 476 g/mol. The van der Waals surface area contributed by atoms with Gasteiger partial charge in [0.05, 0.1) is 11.8 Å². The summed E-state index contributed by atoms with van der Waals surface area (Å²) in [6.07, 6.45) is 1.35. The molecule has 33 heavy (non-hydrogen) atoms. The van der Waals surface area contributed by atoms with Crippen LogP contribution in [-0.4, -0.2) is 59.6 Å². The van der Waals surface area contributed by atoms with Crippen LogP contribution >= 0.6 is 23.3 Å². The number of azo groups is 1. The van der Waals surface area contributed by atoms with Gasteiger partial charge >= 0.3 is 0 Å². The van der Waals surface area contributed by atoms with E-state index in [9.17, 15) is 15.2 Å². The summed E-state index contributed by atoms with van der Waals surface area (Å²) in [6, 6.07) is 11.0. The molecular weight excluding hydrogens is 460 g/mol. The average Bonchev–Trinajstić information content (AvgIpc) is 3.53. The summed E-state index contributed by atoms with van der Waals surface area (Å²) in [4.78, 5) is 19.0. The lowest BCUT2D eigenvalue weighted by Gasteiger charge is -2.27. The molecule has 1 saturated heterocycles. The molecule has 10 nitrogen and oxygen atoms in total. The van der Waals surface area contributed by atoms with Crippen LogP contribution in [0.2, 0.25) is 0 Å². The number of benzene rings is 2. The molecule has 1 aliphatic heterocycles. The molecule has 0 saturated carbocycles. The van der Waals surface area contributed by atoms with Crippen LogP contribution in [0.5, 0.6) is 5.75 Å². The lowest BCUT2D eigenvalue weighted by molar-refractivity contribution is 0.0769. The number of rotatable bonds is 4. The molecule has 1 aliphatic rings. The number of hydrogen-bond acceptors (Lipinski definition) is 10. The van der Waals surface area contributed by atoms with Gasteiger partial charge in [0.1, 0.15) is 22.8 Å². The van der Waals surface area contributed by atoms with Gasteiger partial charge in [-0.05, 0) is 23.0 Å². The Morgan fingerprint density at radius 2 is 2.03 bits per heavy atom. The number of nitrogens with zero attached hydrogens (tertiary/aromatic N) is 8. The Hall–Kier alpha value is -3.82. The summed E-state index contributed by atoms with van der Waals surface area (Å²) in [5.74, 6) is 1.61. The van der Waals surface area contributed by atoms with Crippen LogP contribution in [0.3, 0.4) is 0 Å². The van der Waals surface area contributed by atoms with Crippen molar-refractivity contribution in [3.63, 3.8) is 0 Å². The molecule has 3 heterocycles. The summed E-state index contributed by atoms with van der Waals surface area (Å²) < 4.78 is 5.43. The second-order valence-corrected chi connectivity index (χ2v) is 8.91. The van der Waals surface area contributed by atoms with Crippen molar-refractivity contribution in [1.82, 2.24) is 24.0 Å². The fourth-order valence-corrected chi connectivity index (χ4v) is 4.85. The van der Waals surface area contributed by atoms with E-state index in [4.69, 9.17) is 0 Å². The van der Waals surface area contributed by atoms with E-state index in [0.717, 1.165) is 28.4 Å². The van der Waals surface area contributed by atoms with Crippen LogP contribution in [0.25, 0.3) is 16.7 Å². The van der Waals surface area contributed by atoms with Crippen molar-refractivity contribution < 1.29 is 9.90 Å². The maximum Gasteiger partial charge on any atom is 0.264 e. The largest absolute Gasteiger partial charge is 0.505 e. The third kappa shape index (κ3) is 3.92. The summed E-state index contributed by atoms with van der Waals surface area (Å²) in [5, 5.41) is 34.6. The number of carbonyl (C=O) groups excluding carboxylic acids is 1. The maximum absolute atomic E-state index is 13.2. The van der Waals surface area contributed by atoms with Crippen LogP contribution in [-0.2, 0) is 0 Å².